The molecule has 1 aromatic carbocycles. The van der Waals surface area contributed by atoms with Crippen molar-refractivity contribution >= 4 is 34.2 Å². The lowest BCUT2D eigenvalue weighted by Crippen LogP contribution is -2.51. The maximum atomic E-state index is 11.9. The summed E-state index contributed by atoms with van der Waals surface area (Å²) in [6.45, 7) is 3.73. The van der Waals surface area contributed by atoms with Crippen LogP contribution in [0.1, 0.15) is 32.6 Å². The van der Waals surface area contributed by atoms with Crippen LogP contribution in [0.15, 0.2) is 28.7 Å². The highest BCUT2D eigenvalue weighted by molar-refractivity contribution is 9.10. The Kier molecular flexibility index (Phi) is 8.83. The fourth-order valence-electron chi connectivity index (χ4n) is 2.50. The standard InChI is InChI=1S/C16H23BrN2O2.ClH/c1-12-15(7-3-9-18-12)19-16(20)8-4-10-21-14-6-2-5-13(17)11-14;/h2,5-6,11-12,15,18H,3-4,7-10H2,1H3,(H,19,20);1H. The fraction of sp³-hybridized carbons (Fsp3) is 0.562. The molecule has 0 bridgehead atoms. The minimum atomic E-state index is 0. The first-order chi connectivity index (χ1) is 10.1. The van der Waals surface area contributed by atoms with Gasteiger partial charge in [0.1, 0.15) is 5.75 Å². The molecule has 4 nitrogen and oxygen atoms in total. The van der Waals surface area contributed by atoms with E-state index in [1.807, 2.05) is 24.3 Å². The van der Waals surface area contributed by atoms with Gasteiger partial charge in [0.25, 0.3) is 0 Å². The highest BCUT2D eigenvalue weighted by Gasteiger charge is 2.21. The summed E-state index contributed by atoms with van der Waals surface area (Å²) in [5.74, 6) is 0.947. The molecule has 2 unspecified atom stereocenters. The number of amides is 1. The van der Waals surface area contributed by atoms with Gasteiger partial charge in [-0.2, -0.15) is 0 Å². The lowest BCUT2D eigenvalue weighted by Gasteiger charge is -2.30. The molecule has 22 heavy (non-hydrogen) atoms. The summed E-state index contributed by atoms with van der Waals surface area (Å²) in [6.07, 6.45) is 3.43. The number of hydrogen-bond acceptors (Lipinski definition) is 3. The summed E-state index contributed by atoms with van der Waals surface area (Å²) in [7, 11) is 0. The van der Waals surface area contributed by atoms with Crippen LogP contribution in [0.2, 0.25) is 0 Å². The molecule has 124 valence electrons. The van der Waals surface area contributed by atoms with Crippen LogP contribution in [0, 0.1) is 0 Å². The Labute approximate surface area is 146 Å². The molecular formula is C16H24BrClN2O2. The SMILES string of the molecule is CC1NCCCC1NC(=O)CCCOc1cccc(Br)c1.Cl. The van der Waals surface area contributed by atoms with Crippen LogP contribution in [-0.2, 0) is 4.79 Å². The van der Waals surface area contributed by atoms with Gasteiger partial charge in [-0.05, 0) is 50.9 Å². The van der Waals surface area contributed by atoms with Gasteiger partial charge >= 0.3 is 0 Å². The number of piperidine rings is 1. The molecule has 1 aliphatic heterocycles. The summed E-state index contributed by atoms with van der Waals surface area (Å²) >= 11 is 3.41. The number of nitrogens with one attached hydrogen (secondary N) is 2. The van der Waals surface area contributed by atoms with Gasteiger partial charge in [-0.3, -0.25) is 4.79 Å². The van der Waals surface area contributed by atoms with E-state index in [1.54, 1.807) is 0 Å². The number of ether oxygens (including phenoxy) is 1. The minimum absolute atomic E-state index is 0. The molecule has 2 N–H and O–H groups in total. The molecule has 1 heterocycles. The molecule has 0 saturated carbocycles. The van der Waals surface area contributed by atoms with E-state index >= 15 is 0 Å². The second-order valence-electron chi connectivity index (χ2n) is 5.47. The highest BCUT2D eigenvalue weighted by atomic mass is 79.9. The number of rotatable bonds is 6. The third kappa shape index (κ3) is 6.55. The van der Waals surface area contributed by atoms with Crippen molar-refractivity contribution in [2.45, 2.75) is 44.7 Å². The molecule has 0 aliphatic carbocycles. The summed E-state index contributed by atoms with van der Waals surface area (Å²) < 4.78 is 6.62. The second-order valence-corrected chi connectivity index (χ2v) is 6.38. The van der Waals surface area contributed by atoms with Crippen LogP contribution in [0.25, 0.3) is 0 Å². The van der Waals surface area contributed by atoms with E-state index in [2.05, 4.69) is 33.5 Å². The molecule has 6 heteroatoms. The van der Waals surface area contributed by atoms with Crippen LogP contribution in [0.4, 0.5) is 0 Å². The van der Waals surface area contributed by atoms with Crippen LogP contribution in [0.3, 0.4) is 0 Å². The van der Waals surface area contributed by atoms with Crippen molar-refractivity contribution in [3.8, 4) is 5.75 Å². The zero-order valence-corrected chi connectivity index (χ0v) is 15.2. The predicted molar refractivity (Wildman–Crippen MR) is 94.7 cm³/mol. The zero-order chi connectivity index (χ0) is 15.1. The van der Waals surface area contributed by atoms with Crippen molar-refractivity contribution < 1.29 is 9.53 Å². The molecule has 1 amide bonds. The largest absolute Gasteiger partial charge is 0.494 e. The Bertz CT molecular complexity index is 473. The van der Waals surface area contributed by atoms with Crippen molar-refractivity contribution in [3.63, 3.8) is 0 Å². The summed E-state index contributed by atoms with van der Waals surface area (Å²) in [5.41, 5.74) is 0. The van der Waals surface area contributed by atoms with Gasteiger partial charge in [0.15, 0.2) is 0 Å². The number of benzene rings is 1. The van der Waals surface area contributed by atoms with Crippen molar-refractivity contribution in [3.05, 3.63) is 28.7 Å². The van der Waals surface area contributed by atoms with Gasteiger partial charge in [-0.15, -0.1) is 12.4 Å². The van der Waals surface area contributed by atoms with Crippen LogP contribution in [0.5, 0.6) is 5.75 Å². The van der Waals surface area contributed by atoms with Crippen LogP contribution < -0.4 is 15.4 Å². The first-order valence-electron chi connectivity index (χ1n) is 7.56. The van der Waals surface area contributed by atoms with Gasteiger partial charge in [-0.1, -0.05) is 22.0 Å². The van der Waals surface area contributed by atoms with Crippen LogP contribution >= 0.6 is 28.3 Å². The second kappa shape index (κ2) is 10.1. The first kappa shape index (κ1) is 19.3. The minimum Gasteiger partial charge on any atom is -0.494 e. The van der Waals surface area contributed by atoms with Crippen molar-refractivity contribution in [1.29, 1.82) is 0 Å². The first-order valence-corrected chi connectivity index (χ1v) is 8.35. The van der Waals surface area contributed by atoms with E-state index in [1.165, 1.54) is 0 Å². The Hall–Kier alpha value is -0.780. The van der Waals surface area contributed by atoms with Crippen molar-refractivity contribution in [1.82, 2.24) is 10.6 Å². The summed E-state index contributed by atoms with van der Waals surface area (Å²) in [6, 6.07) is 8.36. The van der Waals surface area contributed by atoms with Crippen molar-refractivity contribution in [2.24, 2.45) is 0 Å². The summed E-state index contributed by atoms with van der Waals surface area (Å²) in [4.78, 5) is 11.9. The van der Waals surface area contributed by atoms with Crippen LogP contribution in [-0.4, -0.2) is 31.1 Å². The summed E-state index contributed by atoms with van der Waals surface area (Å²) in [5, 5.41) is 6.50. The smallest absolute Gasteiger partial charge is 0.220 e. The molecule has 1 saturated heterocycles. The molecule has 0 radical (unpaired) electrons. The number of carbonyl (C=O) groups excluding carboxylic acids is 1. The third-order valence-corrected chi connectivity index (χ3v) is 4.21. The Balaban J connectivity index is 0.00000242. The maximum absolute atomic E-state index is 11.9. The number of carbonyl (C=O) groups is 1. The molecule has 1 fully saturated rings. The molecule has 2 rings (SSSR count). The quantitative estimate of drug-likeness (QED) is 0.732. The highest BCUT2D eigenvalue weighted by Crippen LogP contribution is 2.18. The average Bonchev–Trinajstić information content (AvgIpc) is 2.46. The lowest BCUT2D eigenvalue weighted by molar-refractivity contribution is -0.122. The van der Waals surface area contributed by atoms with Gasteiger partial charge in [-0.25, -0.2) is 0 Å². The van der Waals surface area contributed by atoms with E-state index in [-0.39, 0.29) is 24.4 Å². The van der Waals surface area contributed by atoms with E-state index in [0.717, 1.165) is 36.0 Å². The number of hydrogen-bond donors (Lipinski definition) is 2. The van der Waals surface area contributed by atoms with E-state index < -0.39 is 0 Å². The normalized spacial score (nSPS) is 20.8. The monoisotopic (exact) mass is 390 g/mol. The molecular weight excluding hydrogens is 368 g/mol. The molecule has 1 aromatic rings. The maximum Gasteiger partial charge on any atom is 0.220 e. The van der Waals surface area contributed by atoms with Gasteiger partial charge in [0.2, 0.25) is 5.91 Å². The Morgan fingerprint density at radius 1 is 1.50 bits per heavy atom. The average molecular weight is 392 g/mol. The predicted octanol–water partition coefficient (Wildman–Crippen LogP) is 3.29. The van der Waals surface area contributed by atoms with Gasteiger partial charge < -0.3 is 15.4 Å². The fourth-order valence-corrected chi connectivity index (χ4v) is 2.88. The molecule has 1 aliphatic rings. The van der Waals surface area contributed by atoms with E-state index in [4.69, 9.17) is 4.74 Å². The lowest BCUT2D eigenvalue weighted by atomic mass is 10.00. The zero-order valence-electron chi connectivity index (χ0n) is 12.8. The van der Waals surface area contributed by atoms with E-state index in [9.17, 15) is 4.79 Å². The van der Waals surface area contributed by atoms with Gasteiger partial charge in [0.05, 0.1) is 6.61 Å². The number of halogens is 2. The Morgan fingerprint density at radius 2 is 2.32 bits per heavy atom. The van der Waals surface area contributed by atoms with Crippen molar-refractivity contribution in [2.75, 3.05) is 13.2 Å². The van der Waals surface area contributed by atoms with E-state index in [0.29, 0.717) is 19.1 Å². The Morgan fingerprint density at radius 3 is 3.05 bits per heavy atom. The topological polar surface area (TPSA) is 50.4 Å². The molecule has 0 spiro atoms. The van der Waals surface area contributed by atoms with Gasteiger partial charge in [0, 0.05) is 23.0 Å². The third-order valence-electron chi connectivity index (χ3n) is 3.72. The molecule has 0 aromatic heterocycles. The molecule has 2 atom stereocenters.